The second-order valence-corrected chi connectivity index (χ2v) is 8.23. The summed E-state index contributed by atoms with van der Waals surface area (Å²) in [6.45, 7) is 3.42. The molecule has 0 saturated carbocycles. The molecule has 0 saturated heterocycles. The van der Waals surface area contributed by atoms with Crippen molar-refractivity contribution in [1.29, 1.82) is 0 Å². The maximum absolute atomic E-state index is 12.8. The quantitative estimate of drug-likeness (QED) is 0.129. The van der Waals surface area contributed by atoms with Gasteiger partial charge in [-0.1, -0.05) is 13.8 Å². The zero-order valence-corrected chi connectivity index (χ0v) is 19.2. The van der Waals surface area contributed by atoms with Gasteiger partial charge in [0.15, 0.2) is 0 Å². The van der Waals surface area contributed by atoms with Gasteiger partial charge in [0.25, 0.3) is 0 Å². The Morgan fingerprint density at radius 2 is 1.40 bits per heavy atom. The van der Waals surface area contributed by atoms with Crippen molar-refractivity contribution in [2.24, 2.45) is 11.7 Å². The van der Waals surface area contributed by atoms with Crippen LogP contribution in [0.1, 0.15) is 38.8 Å². The highest BCUT2D eigenvalue weighted by Crippen LogP contribution is 2.08. The van der Waals surface area contributed by atoms with Crippen LogP contribution < -0.4 is 21.7 Å². The minimum atomic E-state index is -1.75. The number of carbonyl (C=O) groups excluding carboxylic acids is 3. The smallest absolute Gasteiger partial charge is 0.326 e. The van der Waals surface area contributed by atoms with Gasteiger partial charge in [0.05, 0.1) is 25.2 Å². The lowest BCUT2D eigenvalue weighted by molar-refractivity contribution is -0.147. The second-order valence-electron chi connectivity index (χ2n) is 8.23. The molecule has 35 heavy (non-hydrogen) atoms. The summed E-state index contributed by atoms with van der Waals surface area (Å²) in [7, 11) is 0. The van der Waals surface area contributed by atoms with Gasteiger partial charge in [0.2, 0.25) is 17.7 Å². The largest absolute Gasteiger partial charge is 0.481 e. The zero-order valence-electron chi connectivity index (χ0n) is 19.2. The number of carboxylic acid groups (broad SMARTS) is 3. The third kappa shape index (κ3) is 10.6. The molecule has 0 aliphatic heterocycles. The standard InChI is InChI=1S/C20H30N6O9/c1-9(2)3-12(18(32)26-14(20(34)35)6-16(29)30)25-19(33)13(5-15(27)28)24-17(31)11(21)4-10-7-22-8-23-10/h7-9,11-14H,3-6,21H2,1-2H3,(H,22,23)(H,24,31)(H,25,33)(H,26,32)(H,27,28)(H,29,30)(H,34,35). The minimum Gasteiger partial charge on any atom is -0.481 e. The van der Waals surface area contributed by atoms with Gasteiger partial charge in [-0.15, -0.1) is 0 Å². The van der Waals surface area contributed by atoms with Crippen LogP contribution >= 0.6 is 0 Å². The molecule has 3 amide bonds. The van der Waals surface area contributed by atoms with Crippen molar-refractivity contribution >= 4 is 35.6 Å². The fourth-order valence-electron chi connectivity index (χ4n) is 3.01. The predicted octanol–water partition coefficient (Wildman–Crippen LogP) is -2.19. The first-order chi connectivity index (χ1) is 16.3. The Labute approximate surface area is 199 Å². The van der Waals surface area contributed by atoms with Crippen LogP contribution in [-0.2, 0) is 35.2 Å². The maximum Gasteiger partial charge on any atom is 0.326 e. The van der Waals surface area contributed by atoms with Crippen molar-refractivity contribution in [2.45, 2.75) is 63.7 Å². The van der Waals surface area contributed by atoms with E-state index in [1.807, 2.05) is 0 Å². The number of aliphatic carboxylic acids is 3. The Balaban J connectivity index is 2.96. The number of aromatic nitrogens is 2. The van der Waals surface area contributed by atoms with Gasteiger partial charge in [0.1, 0.15) is 18.1 Å². The molecule has 15 heteroatoms. The number of H-pyrrole nitrogens is 1. The first-order valence-corrected chi connectivity index (χ1v) is 10.6. The minimum absolute atomic E-state index is 0.0179. The first-order valence-electron chi connectivity index (χ1n) is 10.6. The molecule has 9 N–H and O–H groups in total. The summed E-state index contributed by atoms with van der Waals surface area (Å²) >= 11 is 0. The molecule has 4 unspecified atom stereocenters. The summed E-state index contributed by atoms with van der Waals surface area (Å²) in [6.07, 6.45) is 1.16. The lowest BCUT2D eigenvalue weighted by Crippen LogP contribution is -2.58. The number of imidazole rings is 1. The Morgan fingerprint density at radius 1 is 0.886 bits per heavy atom. The van der Waals surface area contributed by atoms with Crippen LogP contribution in [0.2, 0.25) is 0 Å². The highest BCUT2D eigenvalue weighted by atomic mass is 16.4. The van der Waals surface area contributed by atoms with E-state index >= 15 is 0 Å². The molecule has 0 bridgehead atoms. The van der Waals surface area contributed by atoms with Gasteiger partial charge < -0.3 is 42.0 Å². The van der Waals surface area contributed by atoms with E-state index in [1.165, 1.54) is 12.5 Å². The Hall–Kier alpha value is -4.01. The molecule has 15 nitrogen and oxygen atoms in total. The summed E-state index contributed by atoms with van der Waals surface area (Å²) in [5, 5.41) is 33.8. The van der Waals surface area contributed by atoms with Crippen molar-refractivity contribution in [1.82, 2.24) is 25.9 Å². The van der Waals surface area contributed by atoms with Gasteiger partial charge in [-0.3, -0.25) is 24.0 Å². The monoisotopic (exact) mass is 498 g/mol. The van der Waals surface area contributed by atoms with Crippen molar-refractivity contribution in [3.05, 3.63) is 18.2 Å². The van der Waals surface area contributed by atoms with Gasteiger partial charge in [-0.2, -0.15) is 0 Å². The average Bonchev–Trinajstić information content (AvgIpc) is 3.23. The van der Waals surface area contributed by atoms with E-state index in [2.05, 4.69) is 25.9 Å². The molecule has 4 atom stereocenters. The molecule has 0 spiro atoms. The number of rotatable bonds is 15. The maximum atomic E-state index is 12.8. The lowest BCUT2D eigenvalue weighted by Gasteiger charge is -2.25. The Kier molecular flexibility index (Phi) is 11.3. The summed E-state index contributed by atoms with van der Waals surface area (Å²) in [6, 6.07) is -5.81. The van der Waals surface area contributed by atoms with E-state index in [0.29, 0.717) is 5.69 Å². The van der Waals surface area contributed by atoms with Crippen molar-refractivity contribution in [3.63, 3.8) is 0 Å². The second kappa shape index (κ2) is 13.6. The normalized spacial score (nSPS) is 14.3. The third-order valence-electron chi connectivity index (χ3n) is 4.68. The number of aromatic amines is 1. The van der Waals surface area contributed by atoms with Gasteiger partial charge in [-0.05, 0) is 12.3 Å². The molecule has 0 radical (unpaired) electrons. The number of nitrogens with zero attached hydrogens (tertiary/aromatic N) is 1. The summed E-state index contributed by atoms with van der Waals surface area (Å²) in [5.74, 6) is -7.44. The SMILES string of the molecule is CC(C)CC(NC(=O)C(CC(=O)O)NC(=O)C(N)Cc1cnc[nH]1)C(=O)NC(CC(=O)O)C(=O)O. The highest BCUT2D eigenvalue weighted by Gasteiger charge is 2.32. The molecule has 1 aromatic rings. The average molecular weight is 498 g/mol. The van der Waals surface area contributed by atoms with Crippen LogP contribution in [0.25, 0.3) is 0 Å². The van der Waals surface area contributed by atoms with E-state index in [0.717, 1.165) is 0 Å². The molecule has 1 heterocycles. The lowest BCUT2D eigenvalue weighted by atomic mass is 10.0. The predicted molar refractivity (Wildman–Crippen MR) is 118 cm³/mol. The summed E-state index contributed by atoms with van der Waals surface area (Å²) in [4.78, 5) is 77.9. The Bertz CT molecular complexity index is 918. The van der Waals surface area contributed by atoms with Crippen molar-refractivity contribution in [3.8, 4) is 0 Å². The molecule has 0 fully saturated rings. The molecule has 1 rings (SSSR count). The first kappa shape index (κ1) is 29.0. The molecule has 0 aromatic carbocycles. The van der Waals surface area contributed by atoms with Crippen LogP contribution in [0.3, 0.4) is 0 Å². The van der Waals surface area contributed by atoms with Gasteiger partial charge in [-0.25, -0.2) is 9.78 Å². The number of carbonyl (C=O) groups is 6. The number of hydrogen-bond acceptors (Lipinski definition) is 8. The summed E-state index contributed by atoms with van der Waals surface area (Å²) < 4.78 is 0. The van der Waals surface area contributed by atoms with E-state index in [1.54, 1.807) is 13.8 Å². The van der Waals surface area contributed by atoms with Gasteiger partial charge >= 0.3 is 17.9 Å². The van der Waals surface area contributed by atoms with Crippen molar-refractivity contribution < 1.29 is 44.1 Å². The molecule has 0 aliphatic rings. The Morgan fingerprint density at radius 3 is 1.89 bits per heavy atom. The topological polar surface area (TPSA) is 254 Å². The highest BCUT2D eigenvalue weighted by molar-refractivity contribution is 5.96. The molecular weight excluding hydrogens is 468 g/mol. The van der Waals surface area contributed by atoms with Crippen LogP contribution in [0.4, 0.5) is 0 Å². The summed E-state index contributed by atoms with van der Waals surface area (Å²) in [5.41, 5.74) is 6.36. The van der Waals surface area contributed by atoms with Crippen molar-refractivity contribution in [2.75, 3.05) is 0 Å². The molecule has 194 valence electrons. The molecular formula is C20H30N6O9. The number of nitrogens with one attached hydrogen (secondary N) is 4. The van der Waals surface area contributed by atoms with E-state index in [9.17, 15) is 28.8 Å². The third-order valence-corrected chi connectivity index (χ3v) is 4.68. The fraction of sp³-hybridized carbons (Fsp3) is 0.550. The van der Waals surface area contributed by atoms with E-state index in [4.69, 9.17) is 21.1 Å². The van der Waals surface area contributed by atoms with Crippen LogP contribution in [-0.4, -0.2) is 85.1 Å². The van der Waals surface area contributed by atoms with Crippen LogP contribution in [0, 0.1) is 5.92 Å². The van der Waals surface area contributed by atoms with E-state index in [-0.39, 0.29) is 18.8 Å². The number of hydrogen-bond donors (Lipinski definition) is 8. The molecule has 1 aromatic heterocycles. The number of amides is 3. The number of carboxylic acids is 3. The van der Waals surface area contributed by atoms with E-state index < -0.39 is 72.6 Å². The molecule has 0 aliphatic carbocycles. The van der Waals surface area contributed by atoms with Gasteiger partial charge in [0, 0.05) is 18.3 Å². The van der Waals surface area contributed by atoms with Crippen LogP contribution in [0.15, 0.2) is 12.5 Å². The zero-order chi connectivity index (χ0) is 26.7. The fourth-order valence-corrected chi connectivity index (χ4v) is 3.01. The number of nitrogens with two attached hydrogens (primary N) is 1. The van der Waals surface area contributed by atoms with Crippen LogP contribution in [0.5, 0.6) is 0 Å².